The maximum Gasteiger partial charge on any atom is 0.323 e. The topological polar surface area (TPSA) is 118 Å². The number of nitrogens with zero attached hydrogens (tertiary/aromatic N) is 3. The van der Waals surface area contributed by atoms with E-state index < -0.39 is 11.1 Å². The van der Waals surface area contributed by atoms with E-state index in [1.807, 2.05) is 0 Å². The lowest BCUT2D eigenvalue weighted by Gasteiger charge is -1.91. The highest BCUT2D eigenvalue weighted by Crippen LogP contribution is 1.83. The molecule has 0 bridgehead atoms. The highest BCUT2D eigenvalue weighted by Gasteiger charge is 1.94. The Morgan fingerprint density at radius 1 is 1.69 bits per heavy atom. The molecule has 8 nitrogen and oxygen atoms in total. The second-order valence-corrected chi connectivity index (χ2v) is 1.87. The molecule has 1 aromatic rings. The fraction of sp³-hybridized carbons (Fsp3) is 0.200. The zero-order valence-corrected chi connectivity index (χ0v) is 6.40. The van der Waals surface area contributed by atoms with Gasteiger partial charge in [0, 0.05) is 12.4 Å². The average Bonchev–Trinajstić information content (AvgIpc) is 2.36. The van der Waals surface area contributed by atoms with Crippen LogP contribution in [0.5, 0.6) is 0 Å². The molecule has 0 radical (unpaired) electrons. The highest BCUT2D eigenvalue weighted by molar-refractivity contribution is 5.66. The van der Waals surface area contributed by atoms with Gasteiger partial charge >= 0.3 is 5.97 Å². The number of carboxylic acid groups (broad SMARTS) is 1. The van der Waals surface area contributed by atoms with E-state index in [4.69, 9.17) is 20.4 Å². The van der Waals surface area contributed by atoms with Crippen molar-refractivity contribution in [3.05, 3.63) is 28.8 Å². The quantitative estimate of drug-likeness (QED) is 0.483. The van der Waals surface area contributed by atoms with Gasteiger partial charge in [0.25, 0.3) is 5.09 Å². The Bertz CT molecular complexity index is 266. The first-order valence-electron chi connectivity index (χ1n) is 3.03. The predicted octanol–water partition coefficient (Wildman–Crippen LogP) is -0.380. The first-order chi connectivity index (χ1) is 6.02. The van der Waals surface area contributed by atoms with E-state index in [1.54, 1.807) is 12.4 Å². The van der Waals surface area contributed by atoms with Gasteiger partial charge in [-0.3, -0.25) is 4.79 Å². The van der Waals surface area contributed by atoms with Crippen LogP contribution in [0.1, 0.15) is 0 Å². The average molecular weight is 189 g/mol. The van der Waals surface area contributed by atoms with E-state index in [9.17, 15) is 4.79 Å². The largest absolute Gasteiger partial charge is 0.480 e. The van der Waals surface area contributed by atoms with Crippen LogP contribution in [-0.2, 0) is 11.3 Å². The van der Waals surface area contributed by atoms with E-state index in [0.717, 1.165) is 0 Å². The van der Waals surface area contributed by atoms with Crippen molar-refractivity contribution in [2.45, 2.75) is 6.54 Å². The third-order valence-electron chi connectivity index (χ3n) is 0.877. The monoisotopic (exact) mass is 189 g/mol. The van der Waals surface area contributed by atoms with Crippen molar-refractivity contribution in [1.29, 1.82) is 0 Å². The van der Waals surface area contributed by atoms with Crippen molar-refractivity contribution in [3.63, 3.8) is 0 Å². The van der Waals surface area contributed by atoms with E-state index in [-0.39, 0.29) is 6.54 Å². The summed E-state index contributed by atoms with van der Waals surface area (Å²) in [7, 11) is 0. The van der Waals surface area contributed by atoms with Crippen LogP contribution in [0.3, 0.4) is 0 Å². The van der Waals surface area contributed by atoms with Crippen LogP contribution in [0.2, 0.25) is 0 Å². The van der Waals surface area contributed by atoms with Crippen LogP contribution in [0.4, 0.5) is 0 Å². The zero-order chi connectivity index (χ0) is 10.3. The summed E-state index contributed by atoms with van der Waals surface area (Å²) >= 11 is 0. The summed E-state index contributed by atoms with van der Waals surface area (Å²) in [5, 5.41) is 21.9. The Morgan fingerprint density at radius 2 is 2.23 bits per heavy atom. The minimum Gasteiger partial charge on any atom is -0.480 e. The molecular formula is C5H7N3O5. The van der Waals surface area contributed by atoms with Gasteiger partial charge in [-0.1, -0.05) is 0 Å². The molecular weight excluding hydrogens is 182 g/mol. The molecule has 8 heteroatoms. The molecule has 0 amide bonds. The van der Waals surface area contributed by atoms with Gasteiger partial charge in [0.2, 0.25) is 0 Å². The van der Waals surface area contributed by atoms with E-state index in [1.165, 1.54) is 10.9 Å². The first kappa shape index (κ1) is 10.9. The third kappa shape index (κ3) is 7.78. The van der Waals surface area contributed by atoms with Gasteiger partial charge in [-0.15, -0.1) is 10.1 Å². The summed E-state index contributed by atoms with van der Waals surface area (Å²) in [6.45, 7) is -0.0139. The fourth-order valence-electron chi connectivity index (χ4n) is 0.536. The number of rotatable bonds is 2. The van der Waals surface area contributed by atoms with E-state index >= 15 is 0 Å². The summed E-state index contributed by atoms with van der Waals surface area (Å²) in [4.78, 5) is 22.1. The van der Waals surface area contributed by atoms with Crippen LogP contribution in [0, 0.1) is 10.1 Å². The molecule has 72 valence electrons. The predicted molar refractivity (Wildman–Crippen MR) is 38.6 cm³/mol. The maximum atomic E-state index is 10.0. The van der Waals surface area contributed by atoms with Gasteiger partial charge < -0.3 is 14.9 Å². The molecule has 0 aliphatic carbocycles. The van der Waals surface area contributed by atoms with Crippen molar-refractivity contribution in [3.8, 4) is 0 Å². The first-order valence-corrected chi connectivity index (χ1v) is 3.03. The molecule has 0 aliphatic rings. The van der Waals surface area contributed by atoms with Crippen LogP contribution in [0.25, 0.3) is 0 Å². The Labute approximate surface area is 72.2 Å². The van der Waals surface area contributed by atoms with Crippen molar-refractivity contribution < 1.29 is 20.2 Å². The Morgan fingerprint density at radius 3 is 2.54 bits per heavy atom. The second kappa shape index (κ2) is 5.52. The summed E-state index contributed by atoms with van der Waals surface area (Å²) in [6.07, 6.45) is 4.62. The number of carbonyl (C=O) groups is 1. The fourth-order valence-corrected chi connectivity index (χ4v) is 0.536. The number of carboxylic acids is 1. The van der Waals surface area contributed by atoms with Gasteiger partial charge in [-0.2, -0.15) is 0 Å². The Hall–Kier alpha value is -2.12. The van der Waals surface area contributed by atoms with E-state index in [0.29, 0.717) is 0 Å². The summed E-state index contributed by atoms with van der Waals surface area (Å²) in [5.74, 6) is -0.854. The molecule has 0 atom stereocenters. The lowest BCUT2D eigenvalue weighted by Crippen LogP contribution is -2.05. The van der Waals surface area contributed by atoms with Gasteiger partial charge in [0.15, 0.2) is 0 Å². The molecule has 2 N–H and O–H groups in total. The van der Waals surface area contributed by atoms with Crippen molar-refractivity contribution in [1.82, 2.24) is 9.55 Å². The van der Waals surface area contributed by atoms with Crippen molar-refractivity contribution in [2.75, 3.05) is 0 Å². The van der Waals surface area contributed by atoms with Gasteiger partial charge in [0.1, 0.15) is 6.54 Å². The van der Waals surface area contributed by atoms with E-state index in [2.05, 4.69) is 4.98 Å². The lowest BCUT2D eigenvalue weighted by molar-refractivity contribution is -0.742. The molecule has 0 saturated carbocycles. The number of hydrogen-bond acceptors (Lipinski definition) is 4. The molecule has 0 aromatic carbocycles. The van der Waals surface area contributed by atoms with Crippen LogP contribution >= 0.6 is 0 Å². The van der Waals surface area contributed by atoms with Gasteiger partial charge in [-0.25, -0.2) is 4.98 Å². The molecule has 13 heavy (non-hydrogen) atoms. The molecule has 0 aliphatic heterocycles. The number of hydrogen-bond donors (Lipinski definition) is 2. The molecule has 1 heterocycles. The van der Waals surface area contributed by atoms with Crippen LogP contribution in [0.15, 0.2) is 18.7 Å². The minimum absolute atomic E-state index is 0.0139. The number of aliphatic carboxylic acids is 1. The van der Waals surface area contributed by atoms with Gasteiger partial charge in [0.05, 0.1) is 6.33 Å². The van der Waals surface area contributed by atoms with Gasteiger partial charge in [-0.05, 0) is 0 Å². The number of imidazole rings is 1. The molecule has 1 aromatic heterocycles. The molecule has 1 rings (SSSR count). The zero-order valence-electron chi connectivity index (χ0n) is 6.40. The normalized spacial score (nSPS) is 8.31. The standard InChI is InChI=1S/C5H6N2O2.HNO3/c8-5(9)3-7-2-1-6-4-7;2-1(3)4/h1-2,4H,3H2,(H,8,9);(H,2,3,4). The molecule has 0 fully saturated rings. The summed E-state index contributed by atoms with van der Waals surface area (Å²) in [5.41, 5.74) is 0. The smallest absolute Gasteiger partial charge is 0.323 e. The lowest BCUT2D eigenvalue weighted by atomic mass is 10.6. The molecule has 0 spiro atoms. The Balaban J connectivity index is 0.000000310. The van der Waals surface area contributed by atoms with Crippen LogP contribution in [-0.4, -0.2) is 30.9 Å². The minimum atomic E-state index is -1.50. The van der Waals surface area contributed by atoms with Crippen molar-refractivity contribution >= 4 is 5.97 Å². The van der Waals surface area contributed by atoms with Crippen LogP contribution < -0.4 is 0 Å². The molecule has 0 saturated heterocycles. The van der Waals surface area contributed by atoms with Crippen molar-refractivity contribution in [2.24, 2.45) is 0 Å². The summed E-state index contributed by atoms with van der Waals surface area (Å²) in [6, 6.07) is 0. The third-order valence-corrected chi connectivity index (χ3v) is 0.877. The highest BCUT2D eigenvalue weighted by atomic mass is 16.9. The second-order valence-electron chi connectivity index (χ2n) is 1.87. The summed E-state index contributed by atoms with van der Waals surface area (Å²) < 4.78 is 1.49. The SMILES string of the molecule is O=C(O)Cn1ccnc1.O=[N+]([O-])O. The molecule has 0 unspecified atom stereocenters. The Kier molecular flexibility index (Phi) is 4.62. The maximum absolute atomic E-state index is 10.0. The number of aromatic nitrogens is 2.